The largest absolute Gasteiger partial charge is 0.340 e. The van der Waals surface area contributed by atoms with Crippen molar-refractivity contribution in [2.45, 2.75) is 33.1 Å². The predicted octanol–water partition coefficient (Wildman–Crippen LogP) is 3.12. The zero-order valence-corrected chi connectivity index (χ0v) is 15.5. The van der Waals surface area contributed by atoms with Gasteiger partial charge in [0, 0.05) is 31.8 Å². The maximum atomic E-state index is 12.7. The highest BCUT2D eigenvalue weighted by atomic mass is 16.5. The van der Waals surface area contributed by atoms with Gasteiger partial charge in [-0.25, -0.2) is 4.79 Å². The third-order valence-electron chi connectivity index (χ3n) is 4.94. The molecule has 140 valence electrons. The lowest BCUT2D eigenvalue weighted by Gasteiger charge is -2.31. The number of benzene rings is 1. The number of fused-ring (bicyclic) bond motifs is 1. The fourth-order valence-electron chi connectivity index (χ4n) is 3.49. The molecule has 0 bridgehead atoms. The summed E-state index contributed by atoms with van der Waals surface area (Å²) in [7, 11) is 0. The molecule has 0 atom stereocenters. The molecule has 1 aromatic carbocycles. The second-order valence-corrected chi connectivity index (χ2v) is 7.02. The van der Waals surface area contributed by atoms with Crippen LogP contribution < -0.4 is 5.32 Å². The lowest BCUT2D eigenvalue weighted by Crippen LogP contribution is -2.41. The molecule has 2 amide bonds. The van der Waals surface area contributed by atoms with Crippen molar-refractivity contribution in [2.75, 3.05) is 18.4 Å². The molecule has 2 aromatic heterocycles. The molecule has 27 heavy (non-hydrogen) atoms. The number of piperidine rings is 1. The molecular weight excluding hydrogens is 344 g/mol. The Hall–Kier alpha value is -3.03. The Morgan fingerprint density at radius 2 is 2.07 bits per heavy atom. The van der Waals surface area contributed by atoms with Crippen molar-refractivity contribution in [1.29, 1.82) is 0 Å². The minimum Gasteiger partial charge on any atom is -0.340 e. The Bertz CT molecular complexity index is 962. The second kappa shape index (κ2) is 7.30. The maximum absolute atomic E-state index is 12.7. The van der Waals surface area contributed by atoms with Gasteiger partial charge in [0.05, 0.1) is 16.9 Å². The van der Waals surface area contributed by atoms with Gasteiger partial charge in [0.25, 0.3) is 0 Å². The molecule has 1 fully saturated rings. The van der Waals surface area contributed by atoms with Gasteiger partial charge < -0.3 is 14.7 Å². The normalized spacial score (nSPS) is 15.3. The summed E-state index contributed by atoms with van der Waals surface area (Å²) in [5.74, 6) is 1.82. The van der Waals surface area contributed by atoms with Crippen LogP contribution in [0.4, 0.5) is 10.5 Å². The number of likely N-dealkylation sites (tertiary alicyclic amines) is 1. The zero-order valence-electron chi connectivity index (χ0n) is 15.5. The zero-order chi connectivity index (χ0) is 18.8. The first-order valence-corrected chi connectivity index (χ1v) is 9.16. The number of hydrogen-bond donors (Lipinski definition) is 1. The molecule has 3 aromatic rings. The minimum atomic E-state index is -0.0779. The SMILES string of the molecule is Cc1cc2c(NC(=O)N3CCC(Cc4noc(C)n4)CC3)cccc2nn1. The number of aryl methyl sites for hydroxylation is 2. The number of rotatable bonds is 3. The Kier molecular flexibility index (Phi) is 4.70. The molecule has 1 saturated heterocycles. The number of carbonyl (C=O) groups is 1. The molecule has 0 saturated carbocycles. The quantitative estimate of drug-likeness (QED) is 0.765. The van der Waals surface area contributed by atoms with Crippen LogP contribution in [0.25, 0.3) is 10.9 Å². The topological polar surface area (TPSA) is 97.0 Å². The van der Waals surface area contributed by atoms with Crippen molar-refractivity contribution in [3.63, 3.8) is 0 Å². The van der Waals surface area contributed by atoms with E-state index in [1.54, 1.807) is 6.92 Å². The van der Waals surface area contributed by atoms with E-state index < -0.39 is 0 Å². The molecule has 1 aliphatic heterocycles. The first kappa shape index (κ1) is 17.4. The Labute approximate surface area is 157 Å². The summed E-state index contributed by atoms with van der Waals surface area (Å²) in [5.41, 5.74) is 2.36. The third-order valence-corrected chi connectivity index (χ3v) is 4.94. The summed E-state index contributed by atoms with van der Waals surface area (Å²) in [5, 5.41) is 16.1. The van der Waals surface area contributed by atoms with Crippen LogP contribution in [0.3, 0.4) is 0 Å². The number of nitrogens with zero attached hydrogens (tertiary/aromatic N) is 5. The summed E-state index contributed by atoms with van der Waals surface area (Å²) >= 11 is 0. The van der Waals surface area contributed by atoms with E-state index in [-0.39, 0.29) is 6.03 Å². The van der Waals surface area contributed by atoms with Gasteiger partial charge in [0.1, 0.15) is 0 Å². The van der Waals surface area contributed by atoms with E-state index in [1.165, 1.54) is 0 Å². The van der Waals surface area contributed by atoms with Crippen LogP contribution in [0.15, 0.2) is 28.8 Å². The number of urea groups is 1. The van der Waals surface area contributed by atoms with Gasteiger partial charge in [-0.1, -0.05) is 11.2 Å². The standard InChI is InChI=1S/C19H22N6O2/c1-12-10-15-16(4-3-5-17(15)23-22-12)21-19(26)25-8-6-14(7-9-25)11-18-20-13(2)27-24-18/h3-5,10,14H,6-9,11H2,1-2H3,(H,21,26). The van der Waals surface area contributed by atoms with Crippen molar-refractivity contribution in [1.82, 2.24) is 25.2 Å². The molecular formula is C19H22N6O2. The molecule has 8 heteroatoms. The van der Waals surface area contributed by atoms with Gasteiger partial charge in [0.15, 0.2) is 5.82 Å². The Balaban J connectivity index is 1.38. The van der Waals surface area contributed by atoms with E-state index >= 15 is 0 Å². The molecule has 4 rings (SSSR count). The van der Waals surface area contributed by atoms with Gasteiger partial charge >= 0.3 is 6.03 Å². The van der Waals surface area contributed by atoms with E-state index in [0.29, 0.717) is 11.8 Å². The van der Waals surface area contributed by atoms with Crippen molar-refractivity contribution in [3.8, 4) is 0 Å². The molecule has 0 unspecified atom stereocenters. The fraction of sp³-hybridized carbons (Fsp3) is 0.421. The van der Waals surface area contributed by atoms with Gasteiger partial charge in [0.2, 0.25) is 5.89 Å². The number of anilines is 1. The Morgan fingerprint density at radius 1 is 1.26 bits per heavy atom. The number of nitrogens with one attached hydrogen (secondary N) is 1. The molecule has 8 nitrogen and oxygen atoms in total. The van der Waals surface area contributed by atoms with E-state index in [0.717, 1.165) is 60.5 Å². The average molecular weight is 366 g/mol. The summed E-state index contributed by atoms with van der Waals surface area (Å²) < 4.78 is 5.03. The minimum absolute atomic E-state index is 0.0779. The van der Waals surface area contributed by atoms with Crippen LogP contribution in [0, 0.1) is 19.8 Å². The van der Waals surface area contributed by atoms with Gasteiger partial charge in [-0.15, -0.1) is 0 Å². The number of hydrogen-bond acceptors (Lipinski definition) is 6. The van der Waals surface area contributed by atoms with Gasteiger partial charge in [-0.05, 0) is 43.9 Å². The summed E-state index contributed by atoms with van der Waals surface area (Å²) in [6.45, 7) is 5.12. The van der Waals surface area contributed by atoms with E-state index in [2.05, 4.69) is 25.7 Å². The van der Waals surface area contributed by atoms with Crippen LogP contribution >= 0.6 is 0 Å². The van der Waals surface area contributed by atoms with E-state index in [1.807, 2.05) is 36.1 Å². The average Bonchev–Trinajstić information content (AvgIpc) is 3.07. The monoisotopic (exact) mass is 366 g/mol. The van der Waals surface area contributed by atoms with Crippen LogP contribution in [0.1, 0.15) is 30.3 Å². The highest BCUT2D eigenvalue weighted by Gasteiger charge is 2.24. The fourth-order valence-corrected chi connectivity index (χ4v) is 3.49. The first-order valence-electron chi connectivity index (χ1n) is 9.16. The third kappa shape index (κ3) is 3.89. The first-order chi connectivity index (χ1) is 13.1. The maximum Gasteiger partial charge on any atom is 0.321 e. The number of aromatic nitrogens is 4. The Morgan fingerprint density at radius 3 is 2.81 bits per heavy atom. The lowest BCUT2D eigenvalue weighted by atomic mass is 9.93. The molecule has 0 spiro atoms. The molecule has 3 heterocycles. The lowest BCUT2D eigenvalue weighted by molar-refractivity contribution is 0.181. The van der Waals surface area contributed by atoms with Crippen LogP contribution in [-0.2, 0) is 6.42 Å². The summed E-state index contributed by atoms with van der Waals surface area (Å²) in [6.07, 6.45) is 2.66. The van der Waals surface area contributed by atoms with Crippen molar-refractivity contribution >= 4 is 22.6 Å². The van der Waals surface area contributed by atoms with Crippen molar-refractivity contribution < 1.29 is 9.32 Å². The molecule has 1 N–H and O–H groups in total. The van der Waals surface area contributed by atoms with E-state index in [9.17, 15) is 4.79 Å². The molecule has 1 aliphatic rings. The summed E-state index contributed by atoms with van der Waals surface area (Å²) in [4.78, 5) is 18.8. The van der Waals surface area contributed by atoms with Crippen LogP contribution in [-0.4, -0.2) is 44.4 Å². The second-order valence-electron chi connectivity index (χ2n) is 7.02. The van der Waals surface area contributed by atoms with E-state index in [4.69, 9.17) is 4.52 Å². The van der Waals surface area contributed by atoms with Crippen molar-refractivity contribution in [3.05, 3.63) is 41.7 Å². The van der Waals surface area contributed by atoms with Gasteiger partial charge in [-0.3, -0.25) is 0 Å². The number of amides is 2. The summed E-state index contributed by atoms with van der Waals surface area (Å²) in [6, 6.07) is 7.53. The highest BCUT2D eigenvalue weighted by molar-refractivity contribution is 6.00. The molecule has 0 aliphatic carbocycles. The highest BCUT2D eigenvalue weighted by Crippen LogP contribution is 2.24. The van der Waals surface area contributed by atoms with Crippen molar-refractivity contribution in [2.24, 2.45) is 5.92 Å². The van der Waals surface area contributed by atoms with Crippen LogP contribution in [0.5, 0.6) is 0 Å². The van der Waals surface area contributed by atoms with Gasteiger partial charge in [-0.2, -0.15) is 15.2 Å². The van der Waals surface area contributed by atoms with Crippen LogP contribution in [0.2, 0.25) is 0 Å². The smallest absolute Gasteiger partial charge is 0.321 e. The predicted molar refractivity (Wildman–Crippen MR) is 100 cm³/mol. The molecule has 0 radical (unpaired) electrons. The number of carbonyl (C=O) groups excluding carboxylic acids is 1.